The average molecular weight is 201 g/mol. The van der Waals surface area contributed by atoms with E-state index in [1.54, 1.807) is 24.8 Å². The molecule has 78 valence electrons. The second-order valence-corrected chi connectivity index (χ2v) is 2.80. The molecule has 15 heavy (non-hydrogen) atoms. The smallest absolute Gasteiger partial charge is 0.0267 e. The van der Waals surface area contributed by atoms with Crippen LogP contribution in [0.2, 0.25) is 0 Å². The molecule has 3 nitrogen and oxygen atoms in total. The summed E-state index contributed by atoms with van der Waals surface area (Å²) in [5.41, 5.74) is 0. The van der Waals surface area contributed by atoms with E-state index in [1.807, 2.05) is 36.4 Å². The van der Waals surface area contributed by atoms with Crippen LogP contribution >= 0.6 is 0 Å². The van der Waals surface area contributed by atoms with Gasteiger partial charge in [0.15, 0.2) is 0 Å². The summed E-state index contributed by atoms with van der Waals surface area (Å²) in [6.45, 7) is 2.50. The third-order valence-electron chi connectivity index (χ3n) is 1.38. The molecule has 1 saturated heterocycles. The van der Waals surface area contributed by atoms with E-state index in [9.17, 15) is 0 Å². The van der Waals surface area contributed by atoms with Gasteiger partial charge in [0.25, 0.3) is 0 Å². The van der Waals surface area contributed by atoms with Gasteiger partial charge in [0, 0.05) is 37.9 Å². The van der Waals surface area contributed by atoms with Crippen LogP contribution in [0, 0.1) is 0 Å². The predicted octanol–water partition coefficient (Wildman–Crippen LogP) is 1.75. The molecule has 3 rings (SSSR count). The number of pyridine rings is 2. The van der Waals surface area contributed by atoms with Crippen LogP contribution < -0.4 is 5.32 Å². The van der Waals surface area contributed by atoms with Crippen LogP contribution in [0.15, 0.2) is 61.2 Å². The maximum absolute atomic E-state index is 3.78. The Balaban J connectivity index is 0.000000119. The quantitative estimate of drug-likeness (QED) is 0.661. The highest BCUT2D eigenvalue weighted by atomic mass is 15.0. The van der Waals surface area contributed by atoms with E-state index in [1.165, 1.54) is 13.1 Å². The van der Waals surface area contributed by atoms with E-state index in [0.717, 1.165) is 0 Å². The molecule has 1 aliphatic rings. The van der Waals surface area contributed by atoms with Crippen molar-refractivity contribution in [2.45, 2.75) is 0 Å². The number of aromatic nitrogens is 2. The molecule has 0 spiro atoms. The van der Waals surface area contributed by atoms with Crippen molar-refractivity contribution < 1.29 is 0 Å². The van der Waals surface area contributed by atoms with Gasteiger partial charge in [-0.1, -0.05) is 12.1 Å². The SMILES string of the molecule is C1CN1.c1ccncc1.c1ccncc1. The minimum atomic E-state index is 1.25. The van der Waals surface area contributed by atoms with Gasteiger partial charge in [-0.3, -0.25) is 9.97 Å². The van der Waals surface area contributed by atoms with Crippen molar-refractivity contribution >= 4 is 0 Å². The minimum absolute atomic E-state index is 1.25. The lowest BCUT2D eigenvalue weighted by molar-refractivity contribution is 1.33. The Morgan fingerprint density at radius 3 is 1.00 bits per heavy atom. The first kappa shape index (κ1) is 11.3. The van der Waals surface area contributed by atoms with Gasteiger partial charge in [0.1, 0.15) is 0 Å². The molecule has 3 heteroatoms. The number of hydrogen-bond acceptors (Lipinski definition) is 3. The van der Waals surface area contributed by atoms with E-state index in [0.29, 0.717) is 0 Å². The van der Waals surface area contributed by atoms with Crippen LogP contribution in [0.25, 0.3) is 0 Å². The van der Waals surface area contributed by atoms with Crippen molar-refractivity contribution in [2.75, 3.05) is 13.1 Å². The van der Waals surface area contributed by atoms with Gasteiger partial charge < -0.3 is 5.32 Å². The lowest BCUT2D eigenvalue weighted by Crippen LogP contribution is -1.58. The molecule has 0 bridgehead atoms. The topological polar surface area (TPSA) is 47.7 Å². The largest absolute Gasteiger partial charge is 0.314 e. The first-order valence-electron chi connectivity index (χ1n) is 4.91. The summed E-state index contributed by atoms with van der Waals surface area (Å²) in [6, 6.07) is 11.4. The monoisotopic (exact) mass is 201 g/mol. The van der Waals surface area contributed by atoms with Gasteiger partial charge in [-0.05, 0) is 24.3 Å². The van der Waals surface area contributed by atoms with Crippen molar-refractivity contribution in [3.05, 3.63) is 61.2 Å². The molecule has 0 unspecified atom stereocenters. The van der Waals surface area contributed by atoms with Gasteiger partial charge in [-0.15, -0.1) is 0 Å². The molecular weight excluding hydrogens is 186 g/mol. The predicted molar refractivity (Wildman–Crippen MR) is 61.3 cm³/mol. The lowest BCUT2D eigenvalue weighted by atomic mass is 10.5. The van der Waals surface area contributed by atoms with Crippen LogP contribution in [0.5, 0.6) is 0 Å². The van der Waals surface area contributed by atoms with Crippen LogP contribution in [0.3, 0.4) is 0 Å². The molecular formula is C12H15N3. The summed E-state index contributed by atoms with van der Waals surface area (Å²) in [6.07, 6.45) is 7.00. The highest BCUT2D eigenvalue weighted by Crippen LogP contribution is 1.74. The van der Waals surface area contributed by atoms with Crippen LogP contribution in [-0.4, -0.2) is 23.1 Å². The number of rotatable bonds is 0. The van der Waals surface area contributed by atoms with Crippen LogP contribution in [0.1, 0.15) is 0 Å². The Morgan fingerprint density at radius 1 is 0.600 bits per heavy atom. The Morgan fingerprint density at radius 2 is 0.933 bits per heavy atom. The van der Waals surface area contributed by atoms with E-state index in [4.69, 9.17) is 0 Å². The van der Waals surface area contributed by atoms with Crippen LogP contribution in [-0.2, 0) is 0 Å². The zero-order valence-corrected chi connectivity index (χ0v) is 8.58. The maximum atomic E-state index is 3.78. The third-order valence-corrected chi connectivity index (χ3v) is 1.38. The third kappa shape index (κ3) is 10.2. The van der Waals surface area contributed by atoms with Crippen molar-refractivity contribution in [3.63, 3.8) is 0 Å². The Hall–Kier alpha value is -1.74. The van der Waals surface area contributed by atoms with Crippen molar-refractivity contribution in [3.8, 4) is 0 Å². The molecule has 0 atom stereocenters. The summed E-state index contributed by atoms with van der Waals surface area (Å²) in [4.78, 5) is 7.57. The van der Waals surface area contributed by atoms with Gasteiger partial charge in [0.2, 0.25) is 0 Å². The maximum Gasteiger partial charge on any atom is 0.0267 e. The second-order valence-electron chi connectivity index (χ2n) is 2.80. The molecule has 3 heterocycles. The molecule has 2 aromatic heterocycles. The summed E-state index contributed by atoms with van der Waals surface area (Å²) in [5.74, 6) is 0. The van der Waals surface area contributed by atoms with Crippen molar-refractivity contribution in [1.29, 1.82) is 0 Å². The van der Waals surface area contributed by atoms with Crippen LogP contribution in [0.4, 0.5) is 0 Å². The second kappa shape index (κ2) is 8.84. The molecule has 0 saturated carbocycles. The van der Waals surface area contributed by atoms with E-state index in [2.05, 4.69) is 15.3 Å². The summed E-state index contributed by atoms with van der Waals surface area (Å²) in [5, 5.41) is 3.00. The molecule has 1 aliphatic heterocycles. The lowest BCUT2D eigenvalue weighted by Gasteiger charge is -1.70. The number of nitrogens with one attached hydrogen (secondary N) is 1. The number of nitrogens with zero attached hydrogens (tertiary/aromatic N) is 2. The number of hydrogen-bond donors (Lipinski definition) is 1. The summed E-state index contributed by atoms with van der Waals surface area (Å²) < 4.78 is 0. The Bertz CT molecular complexity index is 220. The van der Waals surface area contributed by atoms with Gasteiger partial charge >= 0.3 is 0 Å². The summed E-state index contributed by atoms with van der Waals surface area (Å²) in [7, 11) is 0. The minimum Gasteiger partial charge on any atom is -0.314 e. The van der Waals surface area contributed by atoms with E-state index >= 15 is 0 Å². The standard InChI is InChI=1S/2C5H5N.C2H5N/c2*1-2-4-6-5-3-1;1-2-3-1/h2*1-5H;3H,1-2H2. The van der Waals surface area contributed by atoms with Gasteiger partial charge in [-0.25, -0.2) is 0 Å². The molecule has 1 fully saturated rings. The van der Waals surface area contributed by atoms with Crippen molar-refractivity contribution in [1.82, 2.24) is 15.3 Å². The molecule has 0 amide bonds. The molecule has 0 aromatic carbocycles. The normalized spacial score (nSPS) is 11.2. The summed E-state index contributed by atoms with van der Waals surface area (Å²) >= 11 is 0. The molecule has 2 aromatic rings. The molecule has 0 radical (unpaired) electrons. The Kier molecular flexibility index (Phi) is 6.68. The molecule has 0 aliphatic carbocycles. The highest BCUT2D eigenvalue weighted by molar-refractivity contribution is 4.88. The first-order valence-corrected chi connectivity index (χ1v) is 4.91. The Labute approximate surface area is 90.2 Å². The van der Waals surface area contributed by atoms with Gasteiger partial charge in [-0.2, -0.15) is 0 Å². The average Bonchev–Trinajstić information content (AvgIpc) is 3.22. The zero-order valence-electron chi connectivity index (χ0n) is 8.58. The highest BCUT2D eigenvalue weighted by Gasteiger charge is 1.91. The fraction of sp³-hybridized carbons (Fsp3) is 0.167. The molecule has 1 N–H and O–H groups in total. The van der Waals surface area contributed by atoms with E-state index < -0.39 is 0 Å². The fourth-order valence-corrected chi connectivity index (χ4v) is 0.625. The zero-order chi connectivity index (χ0) is 10.6. The van der Waals surface area contributed by atoms with E-state index in [-0.39, 0.29) is 0 Å². The van der Waals surface area contributed by atoms with Crippen molar-refractivity contribution in [2.24, 2.45) is 0 Å². The van der Waals surface area contributed by atoms with Gasteiger partial charge in [0.05, 0.1) is 0 Å². The first-order chi connectivity index (χ1) is 7.50. The fourth-order valence-electron chi connectivity index (χ4n) is 0.625.